The molecule has 1 atom stereocenters. The first kappa shape index (κ1) is 13.2. The highest BCUT2D eigenvalue weighted by atomic mass is 19.1. The zero-order valence-electron chi connectivity index (χ0n) is 10.2. The van der Waals surface area contributed by atoms with Gasteiger partial charge in [-0.05, 0) is 33.1 Å². The second-order valence-corrected chi connectivity index (χ2v) is 5.32. The molecule has 0 aromatic rings. The number of nitrogens with zero attached hydrogens (tertiary/aromatic N) is 1. The predicted molar refractivity (Wildman–Crippen MR) is 59.9 cm³/mol. The molecule has 2 N–H and O–H groups in total. The minimum atomic E-state index is -0.953. The van der Waals surface area contributed by atoms with Crippen LogP contribution in [0.1, 0.15) is 27.2 Å². The number of nitrogens with two attached hydrogens (primary N) is 1. The fourth-order valence-electron chi connectivity index (χ4n) is 1.65. The Kier molecular flexibility index (Phi) is 4.13. The van der Waals surface area contributed by atoms with Gasteiger partial charge in [0.2, 0.25) is 0 Å². The number of carbonyl (C=O) groups excluding carboxylic acids is 1. The lowest BCUT2D eigenvalue weighted by Crippen LogP contribution is -2.52. The Hall–Kier alpha value is -0.840. The molecule has 1 rings (SSSR count). The lowest BCUT2D eigenvalue weighted by atomic mass is 9.94. The van der Waals surface area contributed by atoms with Crippen molar-refractivity contribution in [2.45, 2.75) is 39.0 Å². The highest BCUT2D eigenvalue weighted by Crippen LogP contribution is 2.23. The van der Waals surface area contributed by atoms with Crippen LogP contribution in [-0.4, -0.2) is 42.4 Å². The van der Waals surface area contributed by atoms with Crippen molar-refractivity contribution in [2.75, 3.05) is 19.6 Å². The first-order chi connectivity index (χ1) is 7.31. The van der Waals surface area contributed by atoms with E-state index in [1.54, 1.807) is 4.90 Å². The van der Waals surface area contributed by atoms with Crippen LogP contribution in [0.25, 0.3) is 0 Å². The van der Waals surface area contributed by atoms with Crippen LogP contribution >= 0.6 is 0 Å². The summed E-state index contributed by atoms with van der Waals surface area (Å²) in [4.78, 5) is 13.1. The van der Waals surface area contributed by atoms with Crippen LogP contribution in [0.15, 0.2) is 0 Å². The average Bonchev–Trinajstić information content (AvgIpc) is 2.06. The number of amides is 1. The molecule has 5 heteroatoms. The van der Waals surface area contributed by atoms with E-state index in [2.05, 4.69) is 0 Å². The number of hydrogen-bond acceptors (Lipinski definition) is 3. The minimum Gasteiger partial charge on any atom is -0.444 e. The number of ether oxygens (including phenoxy) is 1. The summed E-state index contributed by atoms with van der Waals surface area (Å²) >= 11 is 0. The fourth-order valence-corrected chi connectivity index (χ4v) is 1.65. The Morgan fingerprint density at radius 1 is 1.56 bits per heavy atom. The molecule has 1 heterocycles. The summed E-state index contributed by atoms with van der Waals surface area (Å²) < 4.78 is 18.1. The second kappa shape index (κ2) is 4.99. The zero-order valence-corrected chi connectivity index (χ0v) is 10.2. The highest BCUT2D eigenvalue weighted by Gasteiger charge is 2.34. The van der Waals surface area contributed by atoms with Crippen LogP contribution in [0, 0.1) is 5.92 Å². The number of likely N-dealkylation sites (tertiary alicyclic amines) is 1. The van der Waals surface area contributed by atoms with Gasteiger partial charge in [0.05, 0.1) is 0 Å². The Morgan fingerprint density at radius 2 is 2.12 bits per heavy atom. The van der Waals surface area contributed by atoms with E-state index in [0.29, 0.717) is 19.5 Å². The maximum Gasteiger partial charge on any atom is 0.410 e. The van der Waals surface area contributed by atoms with Gasteiger partial charge in [0, 0.05) is 19.6 Å². The molecule has 0 saturated carbocycles. The summed E-state index contributed by atoms with van der Waals surface area (Å²) in [5.74, 6) is 0.228. The molecular weight excluding hydrogens is 211 g/mol. The topological polar surface area (TPSA) is 55.6 Å². The van der Waals surface area contributed by atoms with Gasteiger partial charge in [0.1, 0.15) is 11.8 Å². The number of carbonyl (C=O) groups is 1. The number of hydrogen-bond donors (Lipinski definition) is 1. The first-order valence-electron chi connectivity index (χ1n) is 5.64. The van der Waals surface area contributed by atoms with E-state index in [9.17, 15) is 9.18 Å². The van der Waals surface area contributed by atoms with Crippen molar-refractivity contribution >= 4 is 6.09 Å². The molecule has 0 radical (unpaired) electrons. The average molecular weight is 232 g/mol. The summed E-state index contributed by atoms with van der Waals surface area (Å²) in [5, 5.41) is 0. The third-order valence-electron chi connectivity index (χ3n) is 2.45. The Morgan fingerprint density at radius 3 is 2.56 bits per heavy atom. The van der Waals surface area contributed by atoms with E-state index in [4.69, 9.17) is 10.5 Å². The van der Waals surface area contributed by atoms with E-state index in [1.807, 2.05) is 20.8 Å². The van der Waals surface area contributed by atoms with Crippen molar-refractivity contribution in [3.63, 3.8) is 0 Å². The van der Waals surface area contributed by atoms with Gasteiger partial charge in [-0.15, -0.1) is 0 Å². The maximum absolute atomic E-state index is 12.9. The number of rotatable bonds is 3. The molecule has 1 saturated heterocycles. The molecule has 0 unspecified atom stereocenters. The smallest absolute Gasteiger partial charge is 0.410 e. The minimum absolute atomic E-state index is 0.0585. The molecule has 0 aromatic carbocycles. The molecule has 1 amide bonds. The van der Waals surface area contributed by atoms with Gasteiger partial charge in [0.25, 0.3) is 0 Å². The van der Waals surface area contributed by atoms with Crippen LogP contribution in [0.4, 0.5) is 9.18 Å². The van der Waals surface area contributed by atoms with Crippen molar-refractivity contribution in [1.82, 2.24) is 4.90 Å². The Balaban J connectivity index is 2.23. The van der Waals surface area contributed by atoms with Crippen LogP contribution in [0.5, 0.6) is 0 Å². The molecule has 16 heavy (non-hydrogen) atoms. The predicted octanol–water partition coefficient (Wildman–Crippen LogP) is 1.54. The van der Waals surface area contributed by atoms with Gasteiger partial charge in [-0.2, -0.15) is 0 Å². The van der Waals surface area contributed by atoms with Gasteiger partial charge in [-0.25, -0.2) is 9.18 Å². The Labute approximate surface area is 95.9 Å². The van der Waals surface area contributed by atoms with E-state index < -0.39 is 11.8 Å². The third kappa shape index (κ3) is 3.96. The van der Waals surface area contributed by atoms with Crippen molar-refractivity contribution in [1.29, 1.82) is 0 Å². The second-order valence-electron chi connectivity index (χ2n) is 5.32. The molecular formula is C11H21FN2O2. The van der Waals surface area contributed by atoms with Gasteiger partial charge >= 0.3 is 6.09 Å². The van der Waals surface area contributed by atoms with Crippen LogP contribution in [0.2, 0.25) is 0 Å². The SMILES string of the molecule is CC(C)(C)OC(=O)N1CC(C[C@@H](F)CN)C1. The molecule has 0 aliphatic carbocycles. The van der Waals surface area contributed by atoms with Crippen molar-refractivity contribution in [3.05, 3.63) is 0 Å². The van der Waals surface area contributed by atoms with Crippen molar-refractivity contribution in [2.24, 2.45) is 11.7 Å². The lowest BCUT2D eigenvalue weighted by molar-refractivity contribution is -0.00530. The van der Waals surface area contributed by atoms with Gasteiger partial charge < -0.3 is 15.4 Å². The highest BCUT2D eigenvalue weighted by molar-refractivity contribution is 5.69. The molecule has 4 nitrogen and oxygen atoms in total. The maximum atomic E-state index is 12.9. The quantitative estimate of drug-likeness (QED) is 0.803. The van der Waals surface area contributed by atoms with Crippen molar-refractivity contribution < 1.29 is 13.9 Å². The molecule has 1 aliphatic heterocycles. The fraction of sp³-hybridized carbons (Fsp3) is 0.909. The molecule has 0 bridgehead atoms. The molecule has 0 spiro atoms. The molecule has 1 aliphatic rings. The van der Waals surface area contributed by atoms with Crippen LogP contribution in [0.3, 0.4) is 0 Å². The van der Waals surface area contributed by atoms with E-state index in [1.165, 1.54) is 0 Å². The summed E-state index contributed by atoms with van der Waals surface area (Å²) in [7, 11) is 0. The first-order valence-corrected chi connectivity index (χ1v) is 5.64. The van der Waals surface area contributed by atoms with Crippen LogP contribution < -0.4 is 5.73 Å². The van der Waals surface area contributed by atoms with E-state index in [-0.39, 0.29) is 18.6 Å². The molecule has 94 valence electrons. The summed E-state index contributed by atoms with van der Waals surface area (Å²) in [6, 6.07) is 0. The van der Waals surface area contributed by atoms with E-state index >= 15 is 0 Å². The summed E-state index contributed by atoms with van der Waals surface area (Å²) in [5.41, 5.74) is 4.73. The monoisotopic (exact) mass is 232 g/mol. The standard InChI is InChI=1S/C11H21FN2O2/c1-11(2,3)16-10(15)14-6-8(7-14)4-9(12)5-13/h8-9H,4-7,13H2,1-3H3/t9-/m1/s1. The number of alkyl halides is 1. The van der Waals surface area contributed by atoms with Gasteiger partial charge in [-0.1, -0.05) is 0 Å². The van der Waals surface area contributed by atoms with Gasteiger partial charge in [0.15, 0.2) is 0 Å². The normalized spacial score (nSPS) is 19.2. The largest absolute Gasteiger partial charge is 0.444 e. The third-order valence-corrected chi connectivity index (χ3v) is 2.45. The summed E-state index contributed by atoms with van der Waals surface area (Å²) in [6.07, 6.45) is -0.826. The molecule has 1 fully saturated rings. The van der Waals surface area contributed by atoms with E-state index in [0.717, 1.165) is 0 Å². The van der Waals surface area contributed by atoms with Crippen molar-refractivity contribution in [3.8, 4) is 0 Å². The zero-order chi connectivity index (χ0) is 12.3. The van der Waals surface area contributed by atoms with Gasteiger partial charge in [-0.3, -0.25) is 0 Å². The molecule has 0 aromatic heterocycles. The summed E-state index contributed by atoms with van der Waals surface area (Å²) in [6.45, 7) is 6.70. The number of halogens is 1. The van der Waals surface area contributed by atoms with Crippen LogP contribution in [-0.2, 0) is 4.74 Å². The Bertz CT molecular complexity index is 247. The lowest BCUT2D eigenvalue weighted by Gasteiger charge is -2.40.